The van der Waals surface area contributed by atoms with Gasteiger partial charge in [0.25, 0.3) is 0 Å². The zero-order valence-electron chi connectivity index (χ0n) is 23.5. The van der Waals surface area contributed by atoms with E-state index in [1.165, 1.54) is 18.2 Å². The molecule has 0 aliphatic heterocycles. The summed E-state index contributed by atoms with van der Waals surface area (Å²) in [6.45, 7) is 6.00. The van der Waals surface area contributed by atoms with E-state index in [4.69, 9.17) is 9.47 Å². The van der Waals surface area contributed by atoms with E-state index >= 15 is 0 Å². The molecule has 41 heavy (non-hydrogen) atoms. The Kier molecular flexibility index (Phi) is 13.1. The summed E-state index contributed by atoms with van der Waals surface area (Å²) in [6.07, 6.45) is 11.1. The van der Waals surface area contributed by atoms with Crippen LogP contribution < -0.4 is 4.74 Å². The molecule has 0 aliphatic carbocycles. The minimum Gasteiger partial charge on any atom is -0.491 e. The molecule has 0 aliphatic rings. The SMILES string of the molecule is C=CC(=O)OCCCCCCCCCCOc1ccc(C#Cc2ccc(C#Cc3ccc(C)c(F)c3)cn2)cc1F. The minimum absolute atomic E-state index is 0.224. The van der Waals surface area contributed by atoms with Crippen molar-refractivity contribution in [2.45, 2.75) is 58.3 Å². The number of rotatable bonds is 13. The van der Waals surface area contributed by atoms with Crippen molar-refractivity contribution in [2.75, 3.05) is 13.2 Å². The molecule has 0 spiro atoms. The number of aromatic nitrogens is 1. The molecule has 0 amide bonds. The molecule has 0 saturated heterocycles. The average Bonchev–Trinajstić information content (AvgIpc) is 2.98. The predicted octanol–water partition coefficient (Wildman–Crippen LogP) is 7.70. The number of halogens is 2. The summed E-state index contributed by atoms with van der Waals surface area (Å²) in [5.41, 5.74) is 2.92. The Morgan fingerprint density at radius 3 is 2.00 bits per heavy atom. The number of esters is 1. The topological polar surface area (TPSA) is 48.4 Å². The summed E-state index contributed by atoms with van der Waals surface area (Å²) in [5.74, 6) is 10.9. The molecule has 0 saturated carbocycles. The largest absolute Gasteiger partial charge is 0.491 e. The Bertz CT molecular complexity index is 1430. The number of carbonyl (C=O) groups is 1. The number of ether oxygens (including phenoxy) is 2. The van der Waals surface area contributed by atoms with Crippen LogP contribution in [0.4, 0.5) is 8.78 Å². The number of unbranched alkanes of at least 4 members (excludes halogenated alkanes) is 7. The molecule has 6 heteroatoms. The first-order chi connectivity index (χ1) is 19.9. The van der Waals surface area contributed by atoms with Crippen molar-refractivity contribution in [3.63, 3.8) is 0 Å². The predicted molar refractivity (Wildman–Crippen MR) is 157 cm³/mol. The second-order valence-corrected chi connectivity index (χ2v) is 9.59. The van der Waals surface area contributed by atoms with E-state index in [0.29, 0.717) is 41.2 Å². The highest BCUT2D eigenvalue weighted by Gasteiger charge is 2.04. The fourth-order valence-corrected chi connectivity index (χ4v) is 3.87. The first-order valence-electron chi connectivity index (χ1n) is 13.9. The van der Waals surface area contributed by atoms with Crippen LogP contribution in [0.1, 0.15) is 79.3 Å². The van der Waals surface area contributed by atoms with Gasteiger partial charge in [-0.3, -0.25) is 0 Å². The highest BCUT2D eigenvalue weighted by molar-refractivity contribution is 5.81. The molecule has 3 aromatic rings. The van der Waals surface area contributed by atoms with Crippen LogP contribution in [0.2, 0.25) is 0 Å². The Hall–Kier alpha value is -4.42. The first-order valence-corrected chi connectivity index (χ1v) is 13.9. The number of aryl methyl sites for hydroxylation is 1. The third-order valence-electron chi connectivity index (χ3n) is 6.26. The first kappa shape index (κ1) is 31.1. The van der Waals surface area contributed by atoms with Crippen molar-refractivity contribution < 1.29 is 23.0 Å². The van der Waals surface area contributed by atoms with Gasteiger partial charge in [-0.05, 0) is 73.7 Å². The Balaban J connectivity index is 1.34. The number of hydrogen-bond donors (Lipinski definition) is 0. The number of carbonyl (C=O) groups excluding carboxylic acids is 1. The summed E-state index contributed by atoms with van der Waals surface area (Å²) < 4.78 is 38.7. The Labute approximate surface area is 241 Å². The maximum Gasteiger partial charge on any atom is 0.330 e. The third kappa shape index (κ3) is 11.7. The van der Waals surface area contributed by atoms with E-state index in [1.807, 2.05) is 0 Å². The maximum atomic E-state index is 14.5. The second kappa shape index (κ2) is 17.3. The second-order valence-electron chi connectivity index (χ2n) is 9.59. The summed E-state index contributed by atoms with van der Waals surface area (Å²) >= 11 is 0. The molecule has 1 aromatic heterocycles. The lowest BCUT2D eigenvalue weighted by Crippen LogP contribution is -2.01. The van der Waals surface area contributed by atoms with E-state index in [1.54, 1.807) is 49.5 Å². The maximum absolute atomic E-state index is 14.5. The van der Waals surface area contributed by atoms with Gasteiger partial charge >= 0.3 is 5.97 Å². The molecular formula is C35H35F2NO3. The minimum atomic E-state index is -0.443. The van der Waals surface area contributed by atoms with Crippen molar-refractivity contribution in [3.8, 4) is 29.4 Å². The van der Waals surface area contributed by atoms with E-state index in [9.17, 15) is 13.6 Å². The van der Waals surface area contributed by atoms with Crippen LogP contribution in [0.3, 0.4) is 0 Å². The van der Waals surface area contributed by atoms with Crippen molar-refractivity contribution in [2.24, 2.45) is 0 Å². The van der Waals surface area contributed by atoms with Crippen LogP contribution in [-0.2, 0) is 9.53 Å². The molecule has 212 valence electrons. The lowest BCUT2D eigenvalue weighted by molar-refractivity contribution is -0.137. The highest BCUT2D eigenvalue weighted by atomic mass is 19.1. The molecule has 0 unspecified atom stereocenters. The van der Waals surface area contributed by atoms with Gasteiger partial charge in [-0.2, -0.15) is 0 Å². The van der Waals surface area contributed by atoms with Crippen LogP contribution in [0.25, 0.3) is 0 Å². The molecule has 3 rings (SSSR count). The van der Waals surface area contributed by atoms with Gasteiger partial charge in [0.1, 0.15) is 11.5 Å². The summed E-state index contributed by atoms with van der Waals surface area (Å²) in [5, 5.41) is 0. The highest BCUT2D eigenvalue weighted by Crippen LogP contribution is 2.19. The number of nitrogens with zero attached hydrogens (tertiary/aromatic N) is 1. The zero-order valence-corrected chi connectivity index (χ0v) is 23.5. The van der Waals surface area contributed by atoms with Crippen molar-refractivity contribution in [1.29, 1.82) is 0 Å². The normalized spacial score (nSPS) is 10.1. The molecular weight excluding hydrogens is 520 g/mol. The van der Waals surface area contributed by atoms with Gasteiger partial charge in [-0.25, -0.2) is 18.6 Å². The standard InChI is InChI=1S/C35H35F2NO3/c1-3-35(39)41-23-11-9-7-5-4-6-8-10-22-40-34-21-18-29(25-33(34)37)16-19-31-20-17-30(26-38-31)15-14-28-13-12-27(2)32(36)24-28/h3,12-13,17-18,20-21,24-26H,1,4-11,22-23H2,2H3. The van der Waals surface area contributed by atoms with Crippen LogP contribution in [-0.4, -0.2) is 24.2 Å². The molecule has 0 atom stereocenters. The van der Waals surface area contributed by atoms with Crippen molar-refractivity contribution in [1.82, 2.24) is 4.98 Å². The van der Waals surface area contributed by atoms with E-state index < -0.39 is 5.82 Å². The monoisotopic (exact) mass is 555 g/mol. The molecule has 2 aromatic carbocycles. The lowest BCUT2D eigenvalue weighted by Gasteiger charge is -2.07. The molecule has 4 nitrogen and oxygen atoms in total. The fraction of sp³-hybridized carbons (Fsp3) is 0.314. The molecule has 0 bridgehead atoms. The van der Waals surface area contributed by atoms with Gasteiger partial charge in [0.2, 0.25) is 0 Å². The molecule has 0 N–H and O–H groups in total. The van der Waals surface area contributed by atoms with Gasteiger partial charge in [0.15, 0.2) is 11.6 Å². The van der Waals surface area contributed by atoms with Crippen molar-refractivity contribution in [3.05, 3.63) is 107 Å². The van der Waals surface area contributed by atoms with Crippen LogP contribution >= 0.6 is 0 Å². The smallest absolute Gasteiger partial charge is 0.330 e. The zero-order chi connectivity index (χ0) is 29.3. The van der Waals surface area contributed by atoms with E-state index in [-0.39, 0.29) is 17.5 Å². The summed E-state index contributed by atoms with van der Waals surface area (Å²) in [7, 11) is 0. The number of pyridine rings is 1. The van der Waals surface area contributed by atoms with E-state index in [2.05, 4.69) is 35.2 Å². The van der Waals surface area contributed by atoms with Gasteiger partial charge in [0.05, 0.1) is 13.2 Å². The van der Waals surface area contributed by atoms with Gasteiger partial charge in [0, 0.05) is 29.0 Å². The quantitative estimate of drug-likeness (QED) is 0.0939. The molecule has 0 radical (unpaired) electrons. The molecule has 1 heterocycles. The Morgan fingerprint density at radius 2 is 1.37 bits per heavy atom. The molecule has 0 fully saturated rings. The lowest BCUT2D eigenvalue weighted by atomic mass is 10.1. The Morgan fingerprint density at radius 1 is 0.780 bits per heavy atom. The van der Waals surface area contributed by atoms with Crippen LogP contribution in [0, 0.1) is 42.2 Å². The van der Waals surface area contributed by atoms with Gasteiger partial charge in [-0.1, -0.05) is 68.9 Å². The summed E-state index contributed by atoms with van der Waals surface area (Å²) in [4.78, 5) is 15.2. The van der Waals surface area contributed by atoms with Crippen molar-refractivity contribution >= 4 is 5.97 Å². The van der Waals surface area contributed by atoms with Gasteiger partial charge in [-0.15, -0.1) is 0 Å². The number of hydrogen-bond acceptors (Lipinski definition) is 4. The van der Waals surface area contributed by atoms with Crippen LogP contribution in [0.15, 0.2) is 67.4 Å². The third-order valence-corrected chi connectivity index (χ3v) is 6.26. The van der Waals surface area contributed by atoms with Gasteiger partial charge < -0.3 is 9.47 Å². The average molecular weight is 556 g/mol. The number of benzene rings is 2. The van der Waals surface area contributed by atoms with E-state index in [0.717, 1.165) is 51.4 Å². The summed E-state index contributed by atoms with van der Waals surface area (Å²) in [6, 6.07) is 13.1. The fourth-order valence-electron chi connectivity index (χ4n) is 3.87. The van der Waals surface area contributed by atoms with Crippen LogP contribution in [0.5, 0.6) is 5.75 Å².